The van der Waals surface area contributed by atoms with Gasteiger partial charge in [-0.2, -0.15) is 0 Å². The molecule has 1 atom stereocenters. The molecule has 4 rings (SSSR count). The number of fused-ring (bicyclic) bond motifs is 2. The Morgan fingerprint density at radius 1 is 1.08 bits per heavy atom. The summed E-state index contributed by atoms with van der Waals surface area (Å²) >= 11 is 0. The summed E-state index contributed by atoms with van der Waals surface area (Å²) in [6.07, 6.45) is 1.42. The van der Waals surface area contributed by atoms with Gasteiger partial charge in [0.15, 0.2) is 23.1 Å². The highest BCUT2D eigenvalue weighted by Crippen LogP contribution is 2.39. The lowest BCUT2D eigenvalue weighted by Gasteiger charge is -2.22. The molecule has 5 nitrogen and oxygen atoms in total. The van der Waals surface area contributed by atoms with E-state index in [-0.39, 0.29) is 11.6 Å². The molecule has 0 spiro atoms. The fourth-order valence-electron chi connectivity index (χ4n) is 2.86. The summed E-state index contributed by atoms with van der Waals surface area (Å²) < 4.78 is 11.0. The van der Waals surface area contributed by atoms with E-state index >= 15 is 0 Å². The first-order chi connectivity index (χ1) is 11.6. The fourth-order valence-corrected chi connectivity index (χ4v) is 2.86. The number of rotatable bonds is 2. The lowest BCUT2D eigenvalue weighted by molar-refractivity contribution is 0.0854. The summed E-state index contributed by atoms with van der Waals surface area (Å²) in [5.41, 5.74) is 2.47. The second kappa shape index (κ2) is 5.60. The van der Waals surface area contributed by atoms with Crippen LogP contribution in [0.2, 0.25) is 0 Å². The fraction of sp³-hybridized carbons (Fsp3) is 0.211. The van der Waals surface area contributed by atoms with E-state index in [0.717, 1.165) is 5.56 Å². The van der Waals surface area contributed by atoms with Gasteiger partial charge in [0, 0.05) is 23.4 Å². The highest BCUT2D eigenvalue weighted by atomic mass is 16.6. The minimum absolute atomic E-state index is 0.246. The van der Waals surface area contributed by atoms with Gasteiger partial charge in [-0.3, -0.25) is 14.6 Å². The monoisotopic (exact) mass is 321 g/mol. The normalized spacial score (nSPS) is 18.2. The van der Waals surface area contributed by atoms with Crippen LogP contribution in [0.1, 0.15) is 26.3 Å². The van der Waals surface area contributed by atoms with Crippen molar-refractivity contribution in [3.8, 4) is 11.5 Å². The molecule has 120 valence electrons. The Morgan fingerprint density at radius 2 is 1.75 bits per heavy atom. The van der Waals surface area contributed by atoms with E-state index in [4.69, 9.17) is 9.47 Å². The van der Waals surface area contributed by atoms with Crippen LogP contribution in [0.5, 0.6) is 11.5 Å². The molecule has 2 aliphatic heterocycles. The third-order valence-corrected chi connectivity index (χ3v) is 4.19. The van der Waals surface area contributed by atoms with Crippen LogP contribution in [0, 0.1) is 12.8 Å². The van der Waals surface area contributed by atoms with Crippen LogP contribution in [0.4, 0.5) is 5.69 Å². The van der Waals surface area contributed by atoms with E-state index in [1.165, 1.54) is 6.21 Å². The van der Waals surface area contributed by atoms with Gasteiger partial charge in [-0.05, 0) is 13.0 Å². The molecule has 0 bridgehead atoms. The minimum Gasteiger partial charge on any atom is -0.486 e. The lowest BCUT2D eigenvalue weighted by atomic mass is 9.88. The van der Waals surface area contributed by atoms with Crippen LogP contribution in [0.15, 0.2) is 41.4 Å². The highest BCUT2D eigenvalue weighted by Gasteiger charge is 2.32. The van der Waals surface area contributed by atoms with E-state index in [2.05, 4.69) is 4.99 Å². The molecular weight excluding hydrogens is 306 g/mol. The van der Waals surface area contributed by atoms with Crippen LogP contribution in [0.3, 0.4) is 0 Å². The van der Waals surface area contributed by atoms with Crippen molar-refractivity contribution >= 4 is 23.5 Å². The predicted molar refractivity (Wildman–Crippen MR) is 88.9 cm³/mol. The number of nitrogens with zero attached hydrogens (tertiary/aromatic N) is 1. The Balaban J connectivity index is 1.69. The number of benzene rings is 2. The molecule has 5 heteroatoms. The van der Waals surface area contributed by atoms with Gasteiger partial charge < -0.3 is 9.47 Å². The number of ketones is 2. The zero-order valence-electron chi connectivity index (χ0n) is 13.1. The Bertz CT molecular complexity index is 868. The maximum Gasteiger partial charge on any atom is 0.181 e. The van der Waals surface area contributed by atoms with Crippen LogP contribution in [-0.4, -0.2) is 31.0 Å². The number of carbonyl (C=O) groups is 2. The molecule has 0 amide bonds. The molecule has 0 N–H and O–H groups in total. The summed E-state index contributed by atoms with van der Waals surface area (Å²) in [7, 11) is 0. The van der Waals surface area contributed by atoms with Crippen molar-refractivity contribution in [1.82, 2.24) is 0 Å². The van der Waals surface area contributed by atoms with Crippen LogP contribution >= 0.6 is 0 Å². The van der Waals surface area contributed by atoms with Gasteiger partial charge in [0.2, 0.25) is 0 Å². The minimum atomic E-state index is -0.900. The molecule has 0 radical (unpaired) electrons. The number of hydrogen-bond acceptors (Lipinski definition) is 5. The zero-order valence-corrected chi connectivity index (χ0v) is 13.1. The Kier molecular flexibility index (Phi) is 3.41. The molecule has 0 aromatic heterocycles. The largest absolute Gasteiger partial charge is 0.486 e. The molecule has 2 aliphatic rings. The second-order valence-electron chi connectivity index (χ2n) is 5.86. The number of aryl methyl sites for hydroxylation is 1. The molecule has 0 fully saturated rings. The molecule has 1 unspecified atom stereocenters. The van der Waals surface area contributed by atoms with E-state index in [9.17, 15) is 9.59 Å². The summed E-state index contributed by atoms with van der Waals surface area (Å²) in [4.78, 5) is 29.7. The van der Waals surface area contributed by atoms with Gasteiger partial charge in [0.25, 0.3) is 0 Å². The summed E-state index contributed by atoms with van der Waals surface area (Å²) in [6.45, 7) is 2.86. The molecule has 0 saturated carbocycles. The van der Waals surface area contributed by atoms with E-state index < -0.39 is 5.92 Å². The highest BCUT2D eigenvalue weighted by molar-refractivity contribution is 6.27. The number of aliphatic imine (C=N–C) groups is 1. The maximum absolute atomic E-state index is 12.8. The van der Waals surface area contributed by atoms with Gasteiger partial charge in [-0.25, -0.2) is 0 Å². The molecule has 0 aliphatic carbocycles. The van der Waals surface area contributed by atoms with Crippen LogP contribution < -0.4 is 9.47 Å². The first-order valence-corrected chi connectivity index (χ1v) is 7.76. The molecule has 0 saturated heterocycles. The number of carbonyl (C=O) groups excluding carboxylic acids is 2. The molecule has 24 heavy (non-hydrogen) atoms. The number of ether oxygens (including phenoxy) is 2. The van der Waals surface area contributed by atoms with Crippen LogP contribution in [-0.2, 0) is 0 Å². The zero-order chi connectivity index (χ0) is 16.7. The summed E-state index contributed by atoms with van der Waals surface area (Å²) in [5, 5.41) is 0. The summed E-state index contributed by atoms with van der Waals surface area (Å²) in [6, 6.07) is 10.5. The molecule has 2 heterocycles. The van der Waals surface area contributed by atoms with Crippen molar-refractivity contribution in [1.29, 1.82) is 0 Å². The van der Waals surface area contributed by atoms with Gasteiger partial charge in [0.05, 0.1) is 5.69 Å². The molecule has 2 aromatic rings. The van der Waals surface area contributed by atoms with Gasteiger partial charge in [-0.15, -0.1) is 0 Å². The van der Waals surface area contributed by atoms with Crippen molar-refractivity contribution < 1.29 is 19.1 Å². The predicted octanol–water partition coefficient (Wildman–Crippen LogP) is 3.16. The third kappa shape index (κ3) is 2.38. The lowest BCUT2D eigenvalue weighted by Crippen LogP contribution is -2.28. The molecule has 2 aromatic carbocycles. The average molecular weight is 321 g/mol. The van der Waals surface area contributed by atoms with Gasteiger partial charge in [-0.1, -0.05) is 29.8 Å². The van der Waals surface area contributed by atoms with Crippen LogP contribution in [0.25, 0.3) is 0 Å². The standard InChI is InChI=1S/C19H15NO4/c1-11-2-4-12(5-3-11)18(21)14-10-20-15-9-17-16(23-6-7-24-17)8-13(15)19(14)22/h2-5,8-10,14H,6-7H2,1H3. The Morgan fingerprint density at radius 3 is 2.46 bits per heavy atom. The second-order valence-corrected chi connectivity index (χ2v) is 5.86. The summed E-state index contributed by atoms with van der Waals surface area (Å²) in [5.74, 6) is -0.310. The Hall–Kier alpha value is -2.95. The quantitative estimate of drug-likeness (QED) is 0.629. The van der Waals surface area contributed by atoms with Crippen molar-refractivity contribution in [3.63, 3.8) is 0 Å². The van der Waals surface area contributed by atoms with E-state index in [1.807, 2.05) is 19.1 Å². The van der Waals surface area contributed by atoms with Crippen molar-refractivity contribution in [3.05, 3.63) is 53.1 Å². The van der Waals surface area contributed by atoms with Gasteiger partial charge >= 0.3 is 0 Å². The van der Waals surface area contributed by atoms with E-state index in [0.29, 0.717) is 41.5 Å². The Labute approximate surface area is 138 Å². The number of Topliss-reactive ketones (excluding diaryl/α,β-unsaturated/α-hetero) is 2. The van der Waals surface area contributed by atoms with Crippen molar-refractivity contribution in [2.75, 3.05) is 13.2 Å². The van der Waals surface area contributed by atoms with Crippen molar-refractivity contribution in [2.24, 2.45) is 10.9 Å². The SMILES string of the molecule is Cc1ccc(C(=O)C2C=Nc3cc4c(cc3C2=O)OCCO4)cc1. The topological polar surface area (TPSA) is 65.0 Å². The van der Waals surface area contributed by atoms with Crippen molar-refractivity contribution in [2.45, 2.75) is 6.92 Å². The third-order valence-electron chi connectivity index (χ3n) is 4.19. The average Bonchev–Trinajstić information content (AvgIpc) is 2.61. The first-order valence-electron chi connectivity index (χ1n) is 7.76. The first kappa shape index (κ1) is 14.6. The maximum atomic E-state index is 12.8. The van der Waals surface area contributed by atoms with E-state index in [1.54, 1.807) is 24.3 Å². The van der Waals surface area contributed by atoms with Gasteiger partial charge in [0.1, 0.15) is 19.1 Å². The smallest absolute Gasteiger partial charge is 0.181 e. The molecular formula is C19H15NO4. The number of hydrogen-bond donors (Lipinski definition) is 0.